The van der Waals surface area contributed by atoms with E-state index in [-0.39, 0.29) is 5.91 Å². The average Bonchev–Trinajstić information content (AvgIpc) is 3.40. The van der Waals surface area contributed by atoms with Gasteiger partial charge in [0.25, 0.3) is 5.91 Å². The molecule has 0 fully saturated rings. The van der Waals surface area contributed by atoms with Gasteiger partial charge in [0.05, 0.1) is 24.9 Å². The quantitative estimate of drug-likeness (QED) is 0.465. The van der Waals surface area contributed by atoms with Crippen LogP contribution >= 0.6 is 0 Å². The molecule has 1 amide bonds. The van der Waals surface area contributed by atoms with Crippen molar-refractivity contribution in [3.63, 3.8) is 0 Å². The molecule has 2 aromatic carbocycles. The van der Waals surface area contributed by atoms with Crippen molar-refractivity contribution in [2.45, 2.75) is 20.4 Å². The zero-order chi connectivity index (χ0) is 22.0. The highest BCUT2D eigenvalue weighted by Crippen LogP contribution is 2.28. The molecule has 0 radical (unpaired) electrons. The minimum atomic E-state index is -0.156. The standard InChI is InChI=1S/C24H24N4O3/c1-16-8-10-20(11-9-16)28-15-22(23(25-28)18-6-5-7-21(13-18)30-4)24(29)27(3)14-19-12-17(2)31-26-19/h5-13,15H,14H2,1-4H3. The first-order valence-electron chi connectivity index (χ1n) is 9.93. The van der Waals surface area contributed by atoms with E-state index in [1.54, 1.807) is 29.9 Å². The van der Waals surface area contributed by atoms with Crippen LogP contribution in [0.3, 0.4) is 0 Å². The van der Waals surface area contributed by atoms with Crippen molar-refractivity contribution in [2.24, 2.45) is 0 Å². The van der Waals surface area contributed by atoms with Gasteiger partial charge < -0.3 is 14.2 Å². The minimum absolute atomic E-state index is 0.156. The van der Waals surface area contributed by atoms with Crippen LogP contribution in [-0.2, 0) is 6.54 Å². The third kappa shape index (κ3) is 4.35. The van der Waals surface area contributed by atoms with E-state index in [0.29, 0.717) is 35.0 Å². The highest BCUT2D eigenvalue weighted by molar-refractivity contribution is 5.99. The van der Waals surface area contributed by atoms with Gasteiger partial charge in [0.1, 0.15) is 22.9 Å². The number of aromatic nitrogens is 3. The van der Waals surface area contributed by atoms with Crippen LogP contribution in [0.2, 0.25) is 0 Å². The second-order valence-corrected chi connectivity index (χ2v) is 7.49. The molecule has 0 aliphatic rings. The van der Waals surface area contributed by atoms with E-state index in [1.165, 1.54) is 0 Å². The van der Waals surface area contributed by atoms with Gasteiger partial charge in [-0.2, -0.15) is 5.10 Å². The van der Waals surface area contributed by atoms with Crippen molar-refractivity contribution in [3.8, 4) is 22.7 Å². The lowest BCUT2D eigenvalue weighted by Crippen LogP contribution is -2.26. The number of aryl methyl sites for hydroxylation is 2. The minimum Gasteiger partial charge on any atom is -0.497 e. The number of ether oxygens (including phenoxy) is 1. The Kier molecular flexibility index (Phi) is 5.58. The van der Waals surface area contributed by atoms with E-state index in [0.717, 1.165) is 16.8 Å². The van der Waals surface area contributed by atoms with Crippen molar-refractivity contribution in [3.05, 3.63) is 83.4 Å². The second kappa shape index (κ2) is 8.47. The molecule has 0 unspecified atom stereocenters. The van der Waals surface area contributed by atoms with E-state index < -0.39 is 0 Å². The molecule has 31 heavy (non-hydrogen) atoms. The van der Waals surface area contributed by atoms with Gasteiger partial charge in [-0.15, -0.1) is 0 Å². The number of hydrogen-bond acceptors (Lipinski definition) is 5. The Balaban J connectivity index is 1.75. The first-order chi connectivity index (χ1) is 14.9. The molecule has 0 aliphatic heterocycles. The average molecular weight is 416 g/mol. The predicted octanol–water partition coefficient (Wildman–Crippen LogP) is 4.42. The molecule has 0 atom stereocenters. The molecule has 0 bridgehead atoms. The Morgan fingerprint density at radius 2 is 1.90 bits per heavy atom. The molecule has 0 aliphatic carbocycles. The van der Waals surface area contributed by atoms with Gasteiger partial charge in [0.2, 0.25) is 0 Å². The molecule has 7 nitrogen and oxygen atoms in total. The van der Waals surface area contributed by atoms with Gasteiger partial charge in [-0.05, 0) is 38.1 Å². The van der Waals surface area contributed by atoms with Crippen LogP contribution in [0.1, 0.15) is 27.4 Å². The van der Waals surface area contributed by atoms with Crippen LogP contribution < -0.4 is 4.74 Å². The lowest BCUT2D eigenvalue weighted by molar-refractivity contribution is 0.0783. The number of carbonyl (C=O) groups is 1. The predicted molar refractivity (Wildman–Crippen MR) is 117 cm³/mol. The highest BCUT2D eigenvalue weighted by Gasteiger charge is 2.22. The molecule has 0 saturated heterocycles. The van der Waals surface area contributed by atoms with Gasteiger partial charge >= 0.3 is 0 Å². The number of rotatable bonds is 6. The van der Waals surface area contributed by atoms with Crippen LogP contribution in [0, 0.1) is 13.8 Å². The Bertz CT molecular complexity index is 1210. The molecule has 0 N–H and O–H groups in total. The molecule has 4 rings (SSSR count). The molecule has 7 heteroatoms. The van der Waals surface area contributed by atoms with Gasteiger partial charge in [-0.1, -0.05) is 35.0 Å². The number of hydrogen-bond donors (Lipinski definition) is 0. The summed E-state index contributed by atoms with van der Waals surface area (Å²) < 4.78 is 12.2. The fourth-order valence-corrected chi connectivity index (χ4v) is 3.36. The lowest BCUT2D eigenvalue weighted by atomic mass is 10.1. The van der Waals surface area contributed by atoms with Crippen LogP contribution in [-0.4, -0.2) is 39.9 Å². The SMILES string of the molecule is COc1cccc(-c2nn(-c3ccc(C)cc3)cc2C(=O)N(C)Cc2cc(C)on2)c1. The van der Waals surface area contributed by atoms with Crippen molar-refractivity contribution in [1.82, 2.24) is 19.8 Å². The molecule has 0 spiro atoms. The summed E-state index contributed by atoms with van der Waals surface area (Å²) in [5, 5.41) is 8.74. The van der Waals surface area contributed by atoms with Crippen LogP contribution in [0.25, 0.3) is 16.9 Å². The number of amides is 1. The van der Waals surface area contributed by atoms with E-state index in [4.69, 9.17) is 14.4 Å². The smallest absolute Gasteiger partial charge is 0.257 e. The van der Waals surface area contributed by atoms with Crippen LogP contribution in [0.15, 0.2) is 65.3 Å². The second-order valence-electron chi connectivity index (χ2n) is 7.49. The lowest BCUT2D eigenvalue weighted by Gasteiger charge is -2.15. The fourth-order valence-electron chi connectivity index (χ4n) is 3.36. The normalized spacial score (nSPS) is 10.8. The molecule has 158 valence electrons. The number of benzene rings is 2. The maximum atomic E-state index is 13.4. The van der Waals surface area contributed by atoms with Gasteiger partial charge in [0, 0.05) is 24.9 Å². The maximum absolute atomic E-state index is 13.4. The number of carbonyl (C=O) groups excluding carboxylic acids is 1. The molecular formula is C24H24N4O3. The molecule has 2 heterocycles. The Hall–Kier alpha value is -3.87. The van der Waals surface area contributed by atoms with Gasteiger partial charge in [-0.3, -0.25) is 4.79 Å². The van der Waals surface area contributed by atoms with Crippen molar-refractivity contribution in [2.75, 3.05) is 14.2 Å². The third-order valence-electron chi connectivity index (χ3n) is 5.01. The molecule has 2 aromatic heterocycles. The van der Waals surface area contributed by atoms with E-state index in [2.05, 4.69) is 5.16 Å². The molecular weight excluding hydrogens is 392 g/mol. The van der Waals surface area contributed by atoms with Crippen molar-refractivity contribution < 1.29 is 14.1 Å². The van der Waals surface area contributed by atoms with Crippen molar-refractivity contribution >= 4 is 5.91 Å². The van der Waals surface area contributed by atoms with E-state index in [1.807, 2.05) is 68.4 Å². The number of nitrogens with zero attached hydrogens (tertiary/aromatic N) is 4. The third-order valence-corrected chi connectivity index (χ3v) is 5.01. The van der Waals surface area contributed by atoms with Crippen LogP contribution in [0.4, 0.5) is 0 Å². The summed E-state index contributed by atoms with van der Waals surface area (Å²) in [4.78, 5) is 15.0. The monoisotopic (exact) mass is 416 g/mol. The first-order valence-corrected chi connectivity index (χ1v) is 9.93. The van der Waals surface area contributed by atoms with E-state index in [9.17, 15) is 4.79 Å². The Morgan fingerprint density at radius 3 is 2.58 bits per heavy atom. The summed E-state index contributed by atoms with van der Waals surface area (Å²) in [7, 11) is 3.36. The van der Waals surface area contributed by atoms with Gasteiger partial charge in [-0.25, -0.2) is 4.68 Å². The Morgan fingerprint density at radius 1 is 1.13 bits per heavy atom. The van der Waals surface area contributed by atoms with Crippen molar-refractivity contribution in [1.29, 1.82) is 0 Å². The first kappa shape index (κ1) is 20.4. The zero-order valence-electron chi connectivity index (χ0n) is 18.0. The summed E-state index contributed by atoms with van der Waals surface area (Å²) in [5.74, 6) is 1.25. The number of methoxy groups -OCH3 is 1. The fraction of sp³-hybridized carbons (Fsp3) is 0.208. The highest BCUT2D eigenvalue weighted by atomic mass is 16.5. The molecule has 0 saturated carbocycles. The summed E-state index contributed by atoms with van der Waals surface area (Å²) >= 11 is 0. The van der Waals surface area contributed by atoms with E-state index >= 15 is 0 Å². The topological polar surface area (TPSA) is 73.4 Å². The summed E-state index contributed by atoms with van der Waals surface area (Å²) in [5.41, 5.74) is 4.62. The summed E-state index contributed by atoms with van der Waals surface area (Å²) in [6, 6.07) is 17.4. The summed E-state index contributed by atoms with van der Waals surface area (Å²) in [6.45, 7) is 4.19. The maximum Gasteiger partial charge on any atom is 0.257 e. The van der Waals surface area contributed by atoms with Gasteiger partial charge in [0.15, 0.2) is 0 Å². The Labute approximate surface area is 180 Å². The van der Waals surface area contributed by atoms with Crippen LogP contribution in [0.5, 0.6) is 5.75 Å². The largest absolute Gasteiger partial charge is 0.497 e. The molecule has 4 aromatic rings. The zero-order valence-corrected chi connectivity index (χ0v) is 18.0. The summed E-state index contributed by atoms with van der Waals surface area (Å²) in [6.07, 6.45) is 1.77.